The number of ether oxygens (including phenoxy) is 2. The predicted molar refractivity (Wildman–Crippen MR) is 389 cm³/mol. The van der Waals surface area contributed by atoms with E-state index in [1.807, 2.05) is 69.7 Å². The zero-order chi connectivity index (χ0) is 75.5. The number of carboxylic acid groups (broad SMARTS) is 2. The van der Waals surface area contributed by atoms with Gasteiger partial charge >= 0.3 is 11.9 Å². The molecule has 2 N–H and O–H groups in total. The van der Waals surface area contributed by atoms with E-state index >= 15 is 0 Å². The summed E-state index contributed by atoms with van der Waals surface area (Å²) in [5.41, 5.74) is 0.630. The molecule has 4 aromatic rings. The van der Waals surface area contributed by atoms with Crippen LogP contribution >= 0.6 is 0 Å². The maximum atomic E-state index is 14.3. The standard InChI is InChI=1S/2C35H55FN8O3.C4H4O4/c2*1-10-44(25(4)5)34(46)28-19-27(36)13-14-30(28)47-33-32(37-23-38-39-33)42-17-15-35(20-42)21-43(22-35)29(24(2)3)12-11-16-41(9)26(6)18-31(45)40(7)8;5-3(6)1-2-4(7)8/h2*13-14,19,23-26,29H,10-12,15-18,20-22H2,1-9H3;1-2H,(H,5,6)(H,7,8)/b;;2-1+/t2*26?,29-;/m11./s1. The number of hydrogen-bond donors (Lipinski definition) is 2. The second-order valence-electron chi connectivity index (χ2n) is 29.7. The van der Waals surface area contributed by atoms with Crippen molar-refractivity contribution in [3.05, 3.63) is 84.0 Å². The Kier molecular flexibility index (Phi) is 30.8. The Morgan fingerprint density at radius 3 is 1.21 bits per heavy atom. The van der Waals surface area contributed by atoms with Gasteiger partial charge in [-0.1, -0.05) is 27.7 Å². The summed E-state index contributed by atoms with van der Waals surface area (Å²) in [7, 11) is 11.5. The summed E-state index contributed by atoms with van der Waals surface area (Å²) in [6.45, 7) is 35.3. The Labute approximate surface area is 602 Å². The number of carboxylic acids is 2. The summed E-state index contributed by atoms with van der Waals surface area (Å²) >= 11 is 0. The third-order valence-electron chi connectivity index (χ3n) is 20.3. The molecule has 2 aromatic carbocycles. The van der Waals surface area contributed by atoms with E-state index in [9.17, 15) is 37.5 Å². The van der Waals surface area contributed by atoms with E-state index in [-0.39, 0.29) is 93.0 Å². The van der Waals surface area contributed by atoms with E-state index < -0.39 is 23.6 Å². The van der Waals surface area contributed by atoms with Crippen molar-refractivity contribution in [2.75, 3.05) is 131 Å². The second-order valence-corrected chi connectivity index (χ2v) is 29.7. The summed E-state index contributed by atoms with van der Waals surface area (Å²) in [4.78, 5) is 100. The molecule has 0 aliphatic carbocycles. The van der Waals surface area contributed by atoms with Gasteiger partial charge in [0.05, 0.1) is 11.1 Å². The number of amides is 4. The molecular weight excluding hydrogens is 1310 g/mol. The number of aromatic nitrogens is 6. The molecule has 4 aliphatic rings. The lowest BCUT2D eigenvalue weighted by molar-refractivity contribution is -0.134. The summed E-state index contributed by atoms with van der Waals surface area (Å²) in [5, 5.41) is 32.1. The first-order valence-electron chi connectivity index (χ1n) is 36.0. The molecule has 6 heterocycles. The third kappa shape index (κ3) is 22.7. The first-order valence-corrected chi connectivity index (χ1v) is 36.0. The summed E-state index contributed by atoms with van der Waals surface area (Å²) in [5.74, 6) is -0.677. The number of rotatable bonds is 32. The number of anilines is 2. The normalized spacial score (nSPS) is 16.7. The molecule has 0 saturated carbocycles. The van der Waals surface area contributed by atoms with Crippen molar-refractivity contribution in [1.82, 2.24) is 69.6 Å². The Hall–Kier alpha value is -8.08. The van der Waals surface area contributed by atoms with Crippen LogP contribution in [-0.4, -0.2) is 272 Å². The number of aliphatic carboxylic acids is 2. The van der Waals surface area contributed by atoms with E-state index in [2.05, 4.69) is 115 Å². The predicted octanol–water partition coefficient (Wildman–Crippen LogP) is 9.29. The lowest BCUT2D eigenvalue weighted by atomic mass is 9.76. The summed E-state index contributed by atoms with van der Waals surface area (Å²) in [6, 6.07) is 9.28. The van der Waals surface area contributed by atoms with Crippen LogP contribution in [0.25, 0.3) is 0 Å². The maximum absolute atomic E-state index is 14.3. The number of carbonyl (C=O) groups is 6. The van der Waals surface area contributed by atoms with Gasteiger partial charge in [-0.05, 0) is 169 Å². The van der Waals surface area contributed by atoms with Gasteiger partial charge in [-0.15, -0.1) is 20.4 Å². The van der Waals surface area contributed by atoms with Gasteiger partial charge in [-0.25, -0.2) is 28.3 Å². The lowest BCUT2D eigenvalue weighted by Gasteiger charge is -2.53. The summed E-state index contributed by atoms with van der Waals surface area (Å²) < 4.78 is 41.0. The molecule has 4 aliphatic heterocycles. The van der Waals surface area contributed by atoms with Crippen LogP contribution in [-0.2, 0) is 19.2 Å². The van der Waals surface area contributed by atoms with Gasteiger partial charge in [0.25, 0.3) is 23.6 Å². The number of halogens is 2. The van der Waals surface area contributed by atoms with E-state index in [1.54, 1.807) is 19.6 Å². The van der Waals surface area contributed by atoms with E-state index in [4.69, 9.17) is 19.7 Å². The van der Waals surface area contributed by atoms with Crippen LogP contribution in [0, 0.1) is 34.3 Å². The average molecular weight is 1430 g/mol. The van der Waals surface area contributed by atoms with Crippen LogP contribution in [0.4, 0.5) is 20.4 Å². The maximum Gasteiger partial charge on any atom is 0.328 e. The minimum Gasteiger partial charge on any atom is -0.478 e. The average Bonchev–Trinajstić information content (AvgIpc) is 1.57. The molecule has 2 spiro atoms. The van der Waals surface area contributed by atoms with Crippen LogP contribution < -0.4 is 19.3 Å². The van der Waals surface area contributed by atoms with E-state index in [0.717, 1.165) is 104 Å². The quantitative estimate of drug-likeness (QED) is 0.0431. The van der Waals surface area contributed by atoms with Crippen molar-refractivity contribution in [1.29, 1.82) is 0 Å². The highest BCUT2D eigenvalue weighted by molar-refractivity contribution is 5.98. The largest absolute Gasteiger partial charge is 0.478 e. The SMILES string of the molecule is CCN(C(=O)c1cc(F)ccc1Oc1nncnc1N1CCC2(C1)CN([C@H](CCCN(C)C(C)CC(=O)N(C)C)C(C)C)C2)C(C)C.CCN(C(=O)c1cc(F)ccc1Oc1nncnc1N1CCC2(C1)CN([C@H](CCCN(C)C(C)CC(=O)N(C)C)C(C)C)C2)C(C)C.O=C(O)/C=C/C(=O)O. The van der Waals surface area contributed by atoms with Crippen molar-refractivity contribution in [2.24, 2.45) is 22.7 Å². The van der Waals surface area contributed by atoms with Gasteiger partial charge in [0.1, 0.15) is 35.8 Å². The molecule has 102 heavy (non-hydrogen) atoms. The van der Waals surface area contributed by atoms with Crippen LogP contribution in [0.1, 0.15) is 155 Å². The number of carbonyl (C=O) groups excluding carboxylic acids is 4. The molecule has 0 radical (unpaired) electrons. The molecule has 26 nitrogen and oxygen atoms in total. The second kappa shape index (κ2) is 37.9. The highest BCUT2D eigenvalue weighted by atomic mass is 19.1. The number of hydrogen-bond acceptors (Lipinski definition) is 20. The van der Waals surface area contributed by atoms with Crippen LogP contribution in [0.2, 0.25) is 0 Å². The fourth-order valence-corrected chi connectivity index (χ4v) is 14.2. The van der Waals surface area contributed by atoms with Crippen LogP contribution in [0.5, 0.6) is 23.3 Å². The van der Waals surface area contributed by atoms with Gasteiger partial charge in [0.15, 0.2) is 11.6 Å². The van der Waals surface area contributed by atoms with Gasteiger partial charge in [-0.2, -0.15) is 0 Å². The molecule has 2 aromatic heterocycles. The Morgan fingerprint density at radius 2 is 0.902 bits per heavy atom. The molecule has 0 bridgehead atoms. The van der Waals surface area contributed by atoms with Gasteiger partial charge in [-0.3, -0.25) is 29.0 Å². The van der Waals surface area contributed by atoms with Crippen molar-refractivity contribution in [2.45, 2.75) is 171 Å². The fourth-order valence-electron chi connectivity index (χ4n) is 14.2. The molecule has 28 heteroatoms. The van der Waals surface area contributed by atoms with Gasteiger partial charge in [0.2, 0.25) is 11.8 Å². The molecule has 4 amide bonds. The zero-order valence-corrected chi connectivity index (χ0v) is 63.6. The van der Waals surface area contributed by atoms with Crippen LogP contribution in [0.3, 0.4) is 0 Å². The van der Waals surface area contributed by atoms with Gasteiger partial charge < -0.3 is 58.9 Å². The first kappa shape index (κ1) is 82.9. The molecule has 2 unspecified atom stereocenters. The molecule has 4 saturated heterocycles. The fraction of sp³-hybridized carbons (Fsp3) is 0.649. The van der Waals surface area contributed by atoms with Crippen LogP contribution in [0.15, 0.2) is 61.2 Å². The Balaban J connectivity index is 0.000000289. The van der Waals surface area contributed by atoms with E-state index in [1.165, 1.54) is 49.1 Å². The number of nitrogens with zero attached hydrogens (tertiary/aromatic N) is 16. The minimum absolute atomic E-state index is 0.0504. The molecule has 4 fully saturated rings. The molecular formula is C74H114F2N16O10. The Morgan fingerprint density at radius 1 is 0.549 bits per heavy atom. The van der Waals surface area contributed by atoms with Crippen molar-refractivity contribution < 1.29 is 57.2 Å². The minimum atomic E-state index is -1.26. The molecule has 8 rings (SSSR count). The van der Waals surface area contributed by atoms with Crippen molar-refractivity contribution >= 4 is 47.2 Å². The monoisotopic (exact) mass is 1420 g/mol. The highest BCUT2D eigenvalue weighted by Gasteiger charge is 2.52. The lowest BCUT2D eigenvalue weighted by Crippen LogP contribution is -2.62. The smallest absolute Gasteiger partial charge is 0.328 e. The third-order valence-corrected chi connectivity index (χ3v) is 20.3. The Bertz CT molecular complexity index is 3240. The van der Waals surface area contributed by atoms with E-state index in [0.29, 0.717) is 73.6 Å². The van der Waals surface area contributed by atoms with Crippen molar-refractivity contribution in [3.8, 4) is 23.3 Å². The topological polar surface area (TPSA) is 271 Å². The molecule has 564 valence electrons. The summed E-state index contributed by atoms with van der Waals surface area (Å²) in [6.07, 6.45) is 11.5. The first-order chi connectivity index (χ1) is 48.1. The zero-order valence-electron chi connectivity index (χ0n) is 63.6. The number of likely N-dealkylation sites (tertiary alicyclic amines) is 2. The molecule has 4 atom stereocenters. The number of benzene rings is 2. The highest BCUT2D eigenvalue weighted by Crippen LogP contribution is 2.47. The van der Waals surface area contributed by atoms with Gasteiger partial charge in [0, 0.05) is 166 Å². The van der Waals surface area contributed by atoms with Crippen molar-refractivity contribution in [3.63, 3.8) is 0 Å².